The second-order valence-corrected chi connectivity index (χ2v) is 7.71. The first-order valence-corrected chi connectivity index (χ1v) is 9.92. The molecule has 1 aromatic heterocycles. The normalized spacial score (nSPS) is 24.4. The van der Waals surface area contributed by atoms with Crippen LogP contribution < -0.4 is 5.32 Å². The standard InChI is InChI=1S/C19H30N4O2/c1-20-19(24)22-10-5-8-17(22)18-15-13-25-11-9-16(15)23(21-18)12-14-6-3-2-4-7-14/h14,17H,2-13H2,1H3,(H,20,24). The van der Waals surface area contributed by atoms with Crippen molar-refractivity contribution in [3.63, 3.8) is 0 Å². The summed E-state index contributed by atoms with van der Waals surface area (Å²) in [4.78, 5) is 14.2. The molecule has 0 radical (unpaired) electrons. The number of nitrogens with one attached hydrogen (secondary N) is 1. The van der Waals surface area contributed by atoms with Crippen molar-refractivity contribution in [2.24, 2.45) is 5.92 Å². The molecule has 1 aliphatic carbocycles. The van der Waals surface area contributed by atoms with E-state index in [9.17, 15) is 4.79 Å². The van der Waals surface area contributed by atoms with Crippen LogP contribution in [-0.4, -0.2) is 40.9 Å². The Morgan fingerprint density at radius 2 is 2.08 bits per heavy atom. The van der Waals surface area contributed by atoms with E-state index in [-0.39, 0.29) is 12.1 Å². The van der Waals surface area contributed by atoms with Crippen molar-refractivity contribution in [1.82, 2.24) is 20.0 Å². The highest BCUT2D eigenvalue weighted by Gasteiger charge is 2.35. The van der Waals surface area contributed by atoms with Crippen molar-refractivity contribution in [2.75, 3.05) is 20.2 Å². The molecule has 1 saturated heterocycles. The Hall–Kier alpha value is -1.56. The SMILES string of the molecule is CNC(=O)N1CCCC1c1nn(CC2CCCCC2)c2c1COCC2. The van der Waals surface area contributed by atoms with Crippen LogP contribution in [0, 0.1) is 5.92 Å². The molecule has 2 amide bonds. The molecule has 2 aliphatic heterocycles. The highest BCUT2D eigenvalue weighted by molar-refractivity contribution is 5.74. The number of hydrogen-bond acceptors (Lipinski definition) is 3. The van der Waals surface area contributed by atoms with E-state index in [0.717, 1.165) is 50.6 Å². The predicted octanol–water partition coefficient (Wildman–Crippen LogP) is 3.01. The summed E-state index contributed by atoms with van der Waals surface area (Å²) in [5.74, 6) is 0.757. The topological polar surface area (TPSA) is 59.4 Å². The van der Waals surface area contributed by atoms with Crippen LogP contribution in [0.3, 0.4) is 0 Å². The van der Waals surface area contributed by atoms with E-state index in [4.69, 9.17) is 9.84 Å². The van der Waals surface area contributed by atoms with Gasteiger partial charge >= 0.3 is 6.03 Å². The smallest absolute Gasteiger partial charge is 0.317 e. The second kappa shape index (κ2) is 7.36. The average molecular weight is 346 g/mol. The molecule has 6 nitrogen and oxygen atoms in total. The number of nitrogens with zero attached hydrogens (tertiary/aromatic N) is 3. The molecule has 1 N–H and O–H groups in total. The second-order valence-electron chi connectivity index (χ2n) is 7.71. The zero-order valence-electron chi connectivity index (χ0n) is 15.3. The van der Waals surface area contributed by atoms with Crippen LogP contribution in [0.4, 0.5) is 4.79 Å². The van der Waals surface area contributed by atoms with Crippen LogP contribution in [0.25, 0.3) is 0 Å². The lowest BCUT2D eigenvalue weighted by molar-refractivity contribution is 0.107. The summed E-state index contributed by atoms with van der Waals surface area (Å²) in [7, 11) is 1.71. The van der Waals surface area contributed by atoms with Crippen LogP contribution in [0.5, 0.6) is 0 Å². The molecule has 2 fully saturated rings. The number of carbonyl (C=O) groups is 1. The van der Waals surface area contributed by atoms with Crippen molar-refractivity contribution >= 4 is 6.03 Å². The molecule has 0 aromatic carbocycles. The van der Waals surface area contributed by atoms with Crippen LogP contribution in [-0.2, 0) is 24.3 Å². The van der Waals surface area contributed by atoms with Gasteiger partial charge in [-0.2, -0.15) is 5.10 Å². The Labute approximate surface area is 149 Å². The number of urea groups is 1. The Kier molecular flexibility index (Phi) is 4.97. The van der Waals surface area contributed by atoms with Gasteiger partial charge in [-0.15, -0.1) is 0 Å². The van der Waals surface area contributed by atoms with E-state index >= 15 is 0 Å². The molecule has 0 bridgehead atoms. The fraction of sp³-hybridized carbons (Fsp3) is 0.789. The molecule has 1 aromatic rings. The summed E-state index contributed by atoms with van der Waals surface area (Å²) >= 11 is 0. The number of rotatable bonds is 3. The van der Waals surface area contributed by atoms with Crippen molar-refractivity contribution in [3.8, 4) is 0 Å². The van der Waals surface area contributed by atoms with Crippen LogP contribution in [0.15, 0.2) is 0 Å². The first-order valence-electron chi connectivity index (χ1n) is 9.92. The van der Waals surface area contributed by atoms with Crippen molar-refractivity contribution in [1.29, 1.82) is 0 Å². The summed E-state index contributed by atoms with van der Waals surface area (Å²) in [6.07, 6.45) is 9.75. The van der Waals surface area contributed by atoms with Crippen LogP contribution in [0.1, 0.15) is 67.9 Å². The molecule has 1 unspecified atom stereocenters. The van der Waals surface area contributed by atoms with Gasteiger partial charge in [0.15, 0.2) is 0 Å². The third-order valence-electron chi connectivity index (χ3n) is 6.13. The van der Waals surface area contributed by atoms with Crippen molar-refractivity contribution < 1.29 is 9.53 Å². The van der Waals surface area contributed by atoms with Crippen LogP contribution >= 0.6 is 0 Å². The molecule has 6 heteroatoms. The first-order chi connectivity index (χ1) is 12.3. The van der Waals surface area contributed by atoms with E-state index < -0.39 is 0 Å². The highest BCUT2D eigenvalue weighted by Crippen LogP contribution is 2.36. The maximum atomic E-state index is 12.2. The van der Waals surface area contributed by atoms with E-state index in [0.29, 0.717) is 6.61 Å². The van der Waals surface area contributed by atoms with Gasteiger partial charge in [0.05, 0.1) is 24.9 Å². The minimum Gasteiger partial charge on any atom is -0.376 e. The summed E-state index contributed by atoms with van der Waals surface area (Å²) in [6.45, 7) is 3.28. The Morgan fingerprint density at radius 3 is 2.88 bits per heavy atom. The van der Waals surface area contributed by atoms with Gasteiger partial charge in [-0.25, -0.2) is 4.79 Å². The van der Waals surface area contributed by atoms with E-state index in [1.807, 2.05) is 4.90 Å². The zero-order chi connectivity index (χ0) is 17.2. The number of carbonyl (C=O) groups excluding carboxylic acids is 1. The molecule has 4 rings (SSSR count). The summed E-state index contributed by atoms with van der Waals surface area (Å²) in [5, 5.41) is 7.83. The van der Waals surface area contributed by atoms with Gasteiger partial charge in [-0.05, 0) is 31.6 Å². The van der Waals surface area contributed by atoms with E-state index in [2.05, 4.69) is 10.00 Å². The van der Waals surface area contributed by atoms with Crippen LogP contribution in [0.2, 0.25) is 0 Å². The molecule has 0 spiro atoms. The Balaban J connectivity index is 1.62. The van der Waals surface area contributed by atoms with Crippen molar-refractivity contribution in [3.05, 3.63) is 17.0 Å². The number of hydrogen-bond donors (Lipinski definition) is 1. The lowest BCUT2D eigenvalue weighted by Gasteiger charge is -2.24. The molecule has 1 saturated carbocycles. The van der Waals surface area contributed by atoms with Crippen molar-refractivity contribution in [2.45, 2.75) is 70.6 Å². The van der Waals surface area contributed by atoms with Gasteiger partial charge in [-0.1, -0.05) is 19.3 Å². The van der Waals surface area contributed by atoms with Gasteiger partial charge in [-0.3, -0.25) is 4.68 Å². The monoisotopic (exact) mass is 346 g/mol. The summed E-state index contributed by atoms with van der Waals surface area (Å²) < 4.78 is 8.02. The molecule has 25 heavy (non-hydrogen) atoms. The van der Waals surface area contributed by atoms with E-state index in [1.165, 1.54) is 43.4 Å². The average Bonchev–Trinajstić information content (AvgIpc) is 3.27. The highest BCUT2D eigenvalue weighted by atomic mass is 16.5. The fourth-order valence-electron chi connectivity index (χ4n) is 4.81. The number of fused-ring (bicyclic) bond motifs is 1. The number of ether oxygens (including phenoxy) is 1. The molecular weight excluding hydrogens is 316 g/mol. The maximum absolute atomic E-state index is 12.2. The van der Waals surface area contributed by atoms with E-state index in [1.54, 1.807) is 7.05 Å². The molecular formula is C19H30N4O2. The van der Waals surface area contributed by atoms with Gasteiger partial charge in [0.25, 0.3) is 0 Å². The molecule has 3 heterocycles. The summed E-state index contributed by atoms with van der Waals surface area (Å²) in [6, 6.07) is 0.109. The predicted molar refractivity (Wildman–Crippen MR) is 95.3 cm³/mol. The summed E-state index contributed by atoms with van der Waals surface area (Å²) in [5.41, 5.74) is 3.70. The molecule has 1 atom stereocenters. The Bertz CT molecular complexity index is 621. The number of aromatic nitrogens is 2. The fourth-order valence-corrected chi connectivity index (χ4v) is 4.81. The first kappa shape index (κ1) is 16.9. The third kappa shape index (κ3) is 3.28. The molecule has 3 aliphatic rings. The minimum atomic E-state index is 0.00908. The third-order valence-corrected chi connectivity index (χ3v) is 6.13. The lowest BCUT2D eigenvalue weighted by atomic mass is 9.89. The largest absolute Gasteiger partial charge is 0.376 e. The number of amides is 2. The lowest BCUT2D eigenvalue weighted by Crippen LogP contribution is -2.38. The van der Waals surface area contributed by atoms with Gasteiger partial charge in [0, 0.05) is 37.8 Å². The zero-order valence-corrected chi connectivity index (χ0v) is 15.3. The quantitative estimate of drug-likeness (QED) is 0.915. The van der Waals surface area contributed by atoms with Gasteiger partial charge in [0.1, 0.15) is 0 Å². The minimum absolute atomic E-state index is 0.00908. The number of likely N-dealkylation sites (tertiary alicyclic amines) is 1. The Morgan fingerprint density at radius 1 is 1.24 bits per heavy atom. The van der Waals surface area contributed by atoms with Gasteiger partial charge in [0.2, 0.25) is 0 Å². The maximum Gasteiger partial charge on any atom is 0.317 e. The molecule has 138 valence electrons. The van der Waals surface area contributed by atoms with Gasteiger partial charge < -0.3 is 15.0 Å².